The summed E-state index contributed by atoms with van der Waals surface area (Å²) < 4.78 is 0. The van der Waals surface area contributed by atoms with E-state index in [-0.39, 0.29) is 0 Å². The highest BCUT2D eigenvalue weighted by molar-refractivity contribution is 4.75. The molecule has 0 aliphatic carbocycles. The SMILES string of the molecule is CCC(CCO)CC(C)(C)CC(C)CCO. The highest BCUT2D eigenvalue weighted by Crippen LogP contribution is 2.35. The van der Waals surface area contributed by atoms with Gasteiger partial charge >= 0.3 is 0 Å². The summed E-state index contributed by atoms with van der Waals surface area (Å²) in [5.74, 6) is 1.23. The smallest absolute Gasteiger partial charge is 0.0433 e. The zero-order chi connectivity index (χ0) is 12.6. The first kappa shape index (κ1) is 15.9. The van der Waals surface area contributed by atoms with Crippen molar-refractivity contribution in [3.63, 3.8) is 0 Å². The average Bonchev–Trinajstić information content (AvgIpc) is 2.16. The molecular formula is C14H30O2. The van der Waals surface area contributed by atoms with E-state index in [4.69, 9.17) is 10.2 Å². The van der Waals surface area contributed by atoms with Gasteiger partial charge in [-0.1, -0.05) is 34.1 Å². The van der Waals surface area contributed by atoms with Gasteiger partial charge in [0.15, 0.2) is 0 Å². The molecule has 2 heteroatoms. The van der Waals surface area contributed by atoms with Crippen LogP contribution in [0.3, 0.4) is 0 Å². The monoisotopic (exact) mass is 230 g/mol. The molecule has 0 aromatic rings. The summed E-state index contributed by atoms with van der Waals surface area (Å²) in [7, 11) is 0. The fourth-order valence-corrected chi connectivity index (χ4v) is 2.76. The van der Waals surface area contributed by atoms with Gasteiger partial charge in [0.1, 0.15) is 0 Å². The summed E-state index contributed by atoms with van der Waals surface area (Å²) in [6.07, 6.45) is 5.32. The molecule has 0 heterocycles. The summed E-state index contributed by atoms with van der Waals surface area (Å²) in [5, 5.41) is 17.9. The molecule has 0 spiro atoms. The Morgan fingerprint density at radius 1 is 1.00 bits per heavy atom. The van der Waals surface area contributed by atoms with E-state index in [1.165, 1.54) is 6.42 Å². The molecule has 0 rings (SSSR count). The quantitative estimate of drug-likeness (QED) is 0.638. The van der Waals surface area contributed by atoms with Crippen LogP contribution < -0.4 is 0 Å². The van der Waals surface area contributed by atoms with Crippen LogP contribution in [0.2, 0.25) is 0 Å². The minimum atomic E-state index is 0.297. The molecule has 0 aliphatic rings. The second-order valence-corrected chi connectivity index (χ2v) is 5.98. The summed E-state index contributed by atoms with van der Waals surface area (Å²) in [6.45, 7) is 9.63. The molecule has 98 valence electrons. The van der Waals surface area contributed by atoms with Crippen molar-refractivity contribution in [2.24, 2.45) is 17.3 Å². The van der Waals surface area contributed by atoms with Crippen molar-refractivity contribution >= 4 is 0 Å². The molecule has 0 aromatic carbocycles. The van der Waals surface area contributed by atoms with Gasteiger partial charge in [-0.25, -0.2) is 0 Å². The fraction of sp³-hybridized carbons (Fsp3) is 1.00. The Labute approximate surface area is 101 Å². The average molecular weight is 230 g/mol. The molecule has 0 saturated heterocycles. The predicted octanol–water partition coefficient (Wildman–Crippen LogP) is 3.22. The molecule has 2 atom stereocenters. The van der Waals surface area contributed by atoms with E-state index in [9.17, 15) is 0 Å². The predicted molar refractivity (Wildman–Crippen MR) is 69.4 cm³/mol. The molecule has 0 saturated carbocycles. The van der Waals surface area contributed by atoms with Crippen molar-refractivity contribution in [1.29, 1.82) is 0 Å². The summed E-state index contributed by atoms with van der Waals surface area (Å²) in [6, 6.07) is 0. The normalized spacial score (nSPS) is 16.1. The molecule has 0 aromatic heterocycles. The zero-order valence-electron chi connectivity index (χ0n) is 11.5. The van der Waals surface area contributed by atoms with Crippen LogP contribution in [0.4, 0.5) is 0 Å². The largest absolute Gasteiger partial charge is 0.396 e. The Morgan fingerprint density at radius 2 is 1.56 bits per heavy atom. The van der Waals surface area contributed by atoms with Gasteiger partial charge < -0.3 is 10.2 Å². The summed E-state index contributed by atoms with van der Waals surface area (Å²) >= 11 is 0. The number of hydrogen-bond donors (Lipinski definition) is 2. The number of aliphatic hydroxyl groups excluding tert-OH is 2. The first-order valence-electron chi connectivity index (χ1n) is 6.67. The van der Waals surface area contributed by atoms with Gasteiger partial charge in [-0.05, 0) is 42.9 Å². The van der Waals surface area contributed by atoms with E-state index in [1.807, 2.05) is 0 Å². The third kappa shape index (κ3) is 7.24. The lowest BCUT2D eigenvalue weighted by Crippen LogP contribution is -2.21. The molecule has 2 N–H and O–H groups in total. The molecule has 16 heavy (non-hydrogen) atoms. The van der Waals surface area contributed by atoms with Gasteiger partial charge in [0.2, 0.25) is 0 Å². The Balaban J connectivity index is 4.09. The van der Waals surface area contributed by atoms with E-state index in [0.29, 0.717) is 30.5 Å². The van der Waals surface area contributed by atoms with Gasteiger partial charge in [-0.2, -0.15) is 0 Å². The lowest BCUT2D eigenvalue weighted by molar-refractivity contribution is 0.165. The van der Waals surface area contributed by atoms with Crippen molar-refractivity contribution in [3.05, 3.63) is 0 Å². The third-order valence-electron chi connectivity index (χ3n) is 3.48. The fourth-order valence-electron chi connectivity index (χ4n) is 2.76. The third-order valence-corrected chi connectivity index (χ3v) is 3.48. The number of aliphatic hydroxyl groups is 2. The van der Waals surface area contributed by atoms with Crippen LogP contribution in [0.25, 0.3) is 0 Å². The van der Waals surface area contributed by atoms with Crippen molar-refractivity contribution in [2.75, 3.05) is 13.2 Å². The Hall–Kier alpha value is -0.0800. The molecule has 0 radical (unpaired) electrons. The van der Waals surface area contributed by atoms with Crippen LogP contribution in [0.1, 0.15) is 59.8 Å². The van der Waals surface area contributed by atoms with E-state index in [0.717, 1.165) is 25.7 Å². The summed E-state index contributed by atoms with van der Waals surface area (Å²) in [4.78, 5) is 0. The van der Waals surface area contributed by atoms with Gasteiger partial charge in [-0.15, -0.1) is 0 Å². The maximum Gasteiger partial charge on any atom is 0.0433 e. The molecule has 0 bridgehead atoms. The van der Waals surface area contributed by atoms with Crippen LogP contribution in [0, 0.1) is 17.3 Å². The van der Waals surface area contributed by atoms with E-state index < -0.39 is 0 Å². The van der Waals surface area contributed by atoms with E-state index in [1.54, 1.807) is 0 Å². The number of hydrogen-bond acceptors (Lipinski definition) is 2. The van der Waals surface area contributed by atoms with Crippen molar-refractivity contribution in [3.8, 4) is 0 Å². The highest BCUT2D eigenvalue weighted by atomic mass is 16.3. The molecule has 2 unspecified atom stereocenters. The molecule has 0 fully saturated rings. The van der Waals surface area contributed by atoms with Crippen LogP contribution in [0.5, 0.6) is 0 Å². The zero-order valence-corrected chi connectivity index (χ0v) is 11.5. The second kappa shape index (κ2) is 8.08. The first-order valence-corrected chi connectivity index (χ1v) is 6.67. The Kier molecular flexibility index (Phi) is 8.04. The maximum absolute atomic E-state index is 9.00. The van der Waals surface area contributed by atoms with Gasteiger partial charge in [-0.3, -0.25) is 0 Å². The van der Waals surface area contributed by atoms with Crippen LogP contribution >= 0.6 is 0 Å². The summed E-state index contributed by atoms with van der Waals surface area (Å²) in [5.41, 5.74) is 0.324. The van der Waals surface area contributed by atoms with Crippen LogP contribution in [-0.4, -0.2) is 23.4 Å². The van der Waals surface area contributed by atoms with Crippen molar-refractivity contribution in [2.45, 2.75) is 59.8 Å². The van der Waals surface area contributed by atoms with Gasteiger partial charge in [0.05, 0.1) is 0 Å². The lowest BCUT2D eigenvalue weighted by atomic mass is 9.74. The molecule has 0 amide bonds. The highest BCUT2D eigenvalue weighted by Gasteiger charge is 2.24. The van der Waals surface area contributed by atoms with E-state index >= 15 is 0 Å². The van der Waals surface area contributed by atoms with Crippen LogP contribution in [0.15, 0.2) is 0 Å². The van der Waals surface area contributed by atoms with Crippen molar-refractivity contribution in [1.82, 2.24) is 0 Å². The van der Waals surface area contributed by atoms with Gasteiger partial charge in [0, 0.05) is 13.2 Å². The minimum Gasteiger partial charge on any atom is -0.396 e. The number of rotatable bonds is 9. The second-order valence-electron chi connectivity index (χ2n) is 5.98. The molecule has 2 nitrogen and oxygen atoms in total. The van der Waals surface area contributed by atoms with Crippen molar-refractivity contribution < 1.29 is 10.2 Å². The van der Waals surface area contributed by atoms with Gasteiger partial charge in [0.25, 0.3) is 0 Å². The molecular weight excluding hydrogens is 200 g/mol. The first-order chi connectivity index (χ1) is 7.45. The maximum atomic E-state index is 9.00. The standard InChI is InChI=1S/C14H30O2/c1-5-13(7-9-16)11-14(3,4)10-12(2)6-8-15/h12-13,15-16H,5-11H2,1-4H3. The lowest BCUT2D eigenvalue weighted by Gasteiger charge is -2.31. The topological polar surface area (TPSA) is 40.5 Å². The van der Waals surface area contributed by atoms with Crippen LogP contribution in [-0.2, 0) is 0 Å². The minimum absolute atomic E-state index is 0.297. The van der Waals surface area contributed by atoms with E-state index in [2.05, 4.69) is 27.7 Å². The molecule has 0 aliphatic heterocycles. The Bertz CT molecular complexity index is 166. The Morgan fingerprint density at radius 3 is 2.00 bits per heavy atom.